The van der Waals surface area contributed by atoms with Crippen LogP contribution in [0, 0.1) is 0 Å². The molecular formula is C26H52O15P2. The minimum absolute atomic E-state index is 0.191. The van der Waals surface area contributed by atoms with Gasteiger partial charge in [-0.25, -0.2) is 9.13 Å². The maximum absolute atomic E-state index is 12.0. The van der Waals surface area contributed by atoms with Crippen molar-refractivity contribution in [1.29, 1.82) is 0 Å². The minimum atomic E-state index is -4.75. The predicted octanol–water partition coefficient (Wildman–Crippen LogP) is 3.53. The van der Waals surface area contributed by atoms with E-state index in [9.17, 15) is 43.8 Å². The first-order chi connectivity index (χ1) is 20.3. The molecule has 0 aromatic rings. The van der Waals surface area contributed by atoms with E-state index in [2.05, 4.69) is 25.0 Å². The number of hydrogen-bond acceptors (Lipinski definition) is 13. The molecule has 0 bridgehead atoms. The Kier molecular flexibility index (Phi) is 24.7. The van der Waals surface area contributed by atoms with Crippen molar-refractivity contribution in [2.75, 3.05) is 39.6 Å². The summed E-state index contributed by atoms with van der Waals surface area (Å²) in [6.07, 6.45) is 6.70. The molecule has 0 aromatic carbocycles. The molecule has 15 nitrogen and oxygen atoms in total. The van der Waals surface area contributed by atoms with Crippen LogP contribution in [0.1, 0.15) is 97.3 Å². The lowest BCUT2D eigenvalue weighted by atomic mass is 10.1. The summed E-state index contributed by atoms with van der Waals surface area (Å²) in [5, 5.41) is 29.4. The van der Waals surface area contributed by atoms with Gasteiger partial charge in [0.15, 0.2) is 0 Å². The molecule has 0 radical (unpaired) electrons. The number of unbranched alkanes of at least 4 members (excludes halogenated alkanes) is 9. The summed E-state index contributed by atoms with van der Waals surface area (Å²) in [6.45, 7) is 0.145. The summed E-state index contributed by atoms with van der Waals surface area (Å²) in [5.41, 5.74) is 0. The monoisotopic (exact) mass is 666 g/mol. The van der Waals surface area contributed by atoms with E-state index >= 15 is 0 Å². The Bertz CT molecular complexity index is 828. The maximum Gasteiger partial charge on any atom is 0.472 e. The van der Waals surface area contributed by atoms with Crippen LogP contribution in [0.25, 0.3) is 0 Å². The fourth-order valence-electron chi connectivity index (χ4n) is 3.38. The molecule has 17 heteroatoms. The lowest BCUT2D eigenvalue weighted by Gasteiger charge is -2.19. The molecule has 0 amide bonds. The first-order valence-corrected chi connectivity index (χ1v) is 17.9. The molecular weight excluding hydrogens is 614 g/mol. The summed E-state index contributed by atoms with van der Waals surface area (Å²) in [7, 11) is -9.50. The quantitative estimate of drug-likeness (QED) is 0.0437. The van der Waals surface area contributed by atoms with Crippen molar-refractivity contribution in [2.45, 2.75) is 116 Å². The van der Waals surface area contributed by atoms with Crippen LogP contribution in [-0.2, 0) is 46.3 Å². The van der Waals surface area contributed by atoms with Gasteiger partial charge in [0.1, 0.15) is 31.5 Å². The van der Waals surface area contributed by atoms with Crippen LogP contribution < -0.4 is 0 Å². The van der Waals surface area contributed by atoms with Crippen molar-refractivity contribution in [3.63, 3.8) is 0 Å². The molecule has 0 spiro atoms. The zero-order valence-corrected chi connectivity index (χ0v) is 27.2. The van der Waals surface area contributed by atoms with Gasteiger partial charge < -0.3 is 34.6 Å². The fourth-order valence-corrected chi connectivity index (χ4v) is 4.98. The fraction of sp³-hybridized carbons (Fsp3) is 0.923. The van der Waals surface area contributed by atoms with Gasteiger partial charge in [-0.15, -0.1) is 0 Å². The van der Waals surface area contributed by atoms with E-state index < -0.39 is 85.5 Å². The van der Waals surface area contributed by atoms with Gasteiger partial charge in [0.2, 0.25) is 0 Å². The number of carbonyl (C=O) groups is 2. The SMILES string of the molecule is CCCCCCCCCC(=O)OC[C@@H](O)COP(=O)(O)OC[C@@H](O)COP(=O)(O)OC[C@H](O)COC(=O)CCCCCC. The first-order valence-electron chi connectivity index (χ1n) is 14.9. The van der Waals surface area contributed by atoms with E-state index in [4.69, 9.17) is 9.47 Å². The van der Waals surface area contributed by atoms with Gasteiger partial charge in [-0.05, 0) is 12.8 Å². The lowest BCUT2D eigenvalue weighted by molar-refractivity contribution is -0.148. The van der Waals surface area contributed by atoms with Gasteiger partial charge in [0, 0.05) is 12.8 Å². The third-order valence-corrected chi connectivity index (χ3v) is 7.71. The number of ether oxygens (including phenoxy) is 2. The normalized spacial score (nSPS) is 16.5. The largest absolute Gasteiger partial charge is 0.472 e. The summed E-state index contributed by atoms with van der Waals surface area (Å²) >= 11 is 0. The molecule has 0 aromatic heterocycles. The Morgan fingerprint density at radius 3 is 1.14 bits per heavy atom. The molecule has 43 heavy (non-hydrogen) atoms. The lowest BCUT2D eigenvalue weighted by Crippen LogP contribution is -2.25. The smallest absolute Gasteiger partial charge is 0.463 e. The van der Waals surface area contributed by atoms with Gasteiger partial charge >= 0.3 is 27.6 Å². The standard InChI is InChI=1S/C26H52O15P2/c1-3-5-7-9-10-11-13-15-26(31)37-17-23(28)19-39-43(34,35)41-21-24(29)20-40-42(32,33)38-18-22(27)16-36-25(30)14-12-8-6-4-2/h22-24,27-29H,3-21H2,1-2H3,(H,32,33)(H,34,35)/t22-,23-,24+/m1/s1. The van der Waals surface area contributed by atoms with Crippen molar-refractivity contribution in [1.82, 2.24) is 0 Å². The Balaban J connectivity index is 4.08. The van der Waals surface area contributed by atoms with Gasteiger partial charge in [0.05, 0.1) is 26.4 Å². The summed E-state index contributed by atoms with van der Waals surface area (Å²) in [6, 6.07) is 0. The average Bonchev–Trinajstić information content (AvgIpc) is 2.96. The Morgan fingerprint density at radius 1 is 0.512 bits per heavy atom. The third-order valence-electron chi connectivity index (χ3n) is 5.81. The van der Waals surface area contributed by atoms with Gasteiger partial charge in [-0.1, -0.05) is 71.6 Å². The second-order valence-corrected chi connectivity index (χ2v) is 13.0. The molecule has 0 saturated carbocycles. The van der Waals surface area contributed by atoms with E-state index in [-0.39, 0.29) is 12.8 Å². The van der Waals surface area contributed by atoms with Crippen LogP contribution in [0.5, 0.6) is 0 Å². The first kappa shape index (κ1) is 42.0. The topological polar surface area (TPSA) is 225 Å². The van der Waals surface area contributed by atoms with E-state index in [1.807, 2.05) is 6.92 Å². The molecule has 5 atom stereocenters. The van der Waals surface area contributed by atoms with E-state index in [1.165, 1.54) is 12.8 Å². The summed E-state index contributed by atoms with van der Waals surface area (Å²) in [4.78, 5) is 42.7. The van der Waals surface area contributed by atoms with Gasteiger partial charge in [0.25, 0.3) is 0 Å². The second-order valence-electron chi connectivity index (χ2n) is 10.1. The van der Waals surface area contributed by atoms with Gasteiger partial charge in [-0.2, -0.15) is 0 Å². The Morgan fingerprint density at radius 2 is 0.791 bits per heavy atom. The highest BCUT2D eigenvalue weighted by atomic mass is 31.2. The van der Waals surface area contributed by atoms with Crippen LogP contribution in [0.2, 0.25) is 0 Å². The van der Waals surface area contributed by atoms with Gasteiger partial charge in [-0.3, -0.25) is 27.7 Å². The zero-order chi connectivity index (χ0) is 32.6. The number of aliphatic hydroxyl groups excluding tert-OH is 3. The highest BCUT2D eigenvalue weighted by molar-refractivity contribution is 7.47. The number of phosphoric ester groups is 2. The van der Waals surface area contributed by atoms with Crippen molar-refractivity contribution < 1.29 is 71.4 Å². The summed E-state index contributed by atoms with van der Waals surface area (Å²) < 4.78 is 52.0. The highest BCUT2D eigenvalue weighted by Gasteiger charge is 2.28. The van der Waals surface area contributed by atoms with E-state index in [0.29, 0.717) is 12.8 Å². The molecule has 256 valence electrons. The van der Waals surface area contributed by atoms with Crippen LogP contribution in [0.15, 0.2) is 0 Å². The number of hydrogen-bond donors (Lipinski definition) is 5. The number of rotatable bonds is 29. The number of esters is 2. The predicted molar refractivity (Wildman–Crippen MR) is 155 cm³/mol. The molecule has 5 N–H and O–H groups in total. The summed E-state index contributed by atoms with van der Waals surface area (Å²) in [5.74, 6) is -1.02. The maximum atomic E-state index is 12.0. The van der Waals surface area contributed by atoms with Crippen LogP contribution in [0.4, 0.5) is 0 Å². The molecule has 0 fully saturated rings. The molecule has 0 heterocycles. The van der Waals surface area contributed by atoms with Crippen molar-refractivity contribution >= 4 is 27.6 Å². The number of carbonyl (C=O) groups excluding carboxylic acids is 2. The molecule has 2 unspecified atom stereocenters. The number of aliphatic hydroxyl groups is 3. The zero-order valence-electron chi connectivity index (χ0n) is 25.4. The molecule has 0 aliphatic rings. The van der Waals surface area contributed by atoms with Crippen LogP contribution >= 0.6 is 15.6 Å². The van der Waals surface area contributed by atoms with Crippen molar-refractivity contribution in [2.24, 2.45) is 0 Å². The highest BCUT2D eigenvalue weighted by Crippen LogP contribution is 2.45. The van der Waals surface area contributed by atoms with Crippen molar-refractivity contribution in [3.8, 4) is 0 Å². The molecule has 0 aliphatic heterocycles. The average molecular weight is 667 g/mol. The Labute approximate surface area is 254 Å². The molecule has 0 rings (SSSR count). The molecule has 0 aliphatic carbocycles. The van der Waals surface area contributed by atoms with Crippen LogP contribution in [0.3, 0.4) is 0 Å². The van der Waals surface area contributed by atoms with E-state index in [0.717, 1.165) is 44.9 Å². The van der Waals surface area contributed by atoms with Crippen molar-refractivity contribution in [3.05, 3.63) is 0 Å². The minimum Gasteiger partial charge on any atom is -0.463 e. The van der Waals surface area contributed by atoms with Crippen LogP contribution in [-0.4, -0.2) is 95.0 Å². The Hall–Kier alpha value is -0.960. The number of phosphoric acid groups is 2. The molecule has 0 saturated heterocycles. The second kappa shape index (κ2) is 25.3. The third kappa shape index (κ3) is 27.1. The van der Waals surface area contributed by atoms with E-state index in [1.54, 1.807) is 0 Å².